The summed E-state index contributed by atoms with van der Waals surface area (Å²) in [5, 5.41) is 13.3. The van der Waals surface area contributed by atoms with Crippen LogP contribution in [0.1, 0.15) is 48.9 Å². The van der Waals surface area contributed by atoms with Crippen LogP contribution in [0.5, 0.6) is 0 Å². The van der Waals surface area contributed by atoms with Gasteiger partial charge in [-0.25, -0.2) is 0 Å². The number of hydrogen-bond acceptors (Lipinski definition) is 3. The number of carbonyl (C=O) groups excluding carboxylic acids is 2. The van der Waals surface area contributed by atoms with E-state index in [0.29, 0.717) is 5.56 Å². The van der Waals surface area contributed by atoms with Crippen molar-refractivity contribution in [3.8, 4) is 0 Å². The van der Waals surface area contributed by atoms with Gasteiger partial charge < -0.3 is 15.3 Å². The molecule has 2 amide bonds. The third-order valence-corrected chi connectivity index (χ3v) is 4.40. The number of likely N-dealkylation sites (N-methyl/N-ethyl adjacent to an activating group) is 1. The molecule has 2 rings (SSSR count). The molecule has 0 aromatic heterocycles. The van der Waals surface area contributed by atoms with Crippen LogP contribution in [0.3, 0.4) is 0 Å². The minimum absolute atomic E-state index is 0.0101. The van der Waals surface area contributed by atoms with Crippen LogP contribution >= 0.6 is 0 Å². The van der Waals surface area contributed by atoms with Crippen molar-refractivity contribution in [3.63, 3.8) is 0 Å². The fourth-order valence-electron chi connectivity index (χ4n) is 2.97. The Kier molecular flexibility index (Phi) is 6.16. The summed E-state index contributed by atoms with van der Waals surface area (Å²) in [5.41, 5.74) is -0.237. The van der Waals surface area contributed by atoms with Crippen LogP contribution in [-0.4, -0.2) is 47.6 Å². The molecule has 126 valence electrons. The topological polar surface area (TPSA) is 69.6 Å². The Morgan fingerprint density at radius 1 is 1.13 bits per heavy atom. The molecule has 1 aromatic carbocycles. The van der Waals surface area contributed by atoms with Gasteiger partial charge in [-0.2, -0.15) is 0 Å². The van der Waals surface area contributed by atoms with Gasteiger partial charge in [-0.3, -0.25) is 9.59 Å². The molecule has 1 aliphatic carbocycles. The lowest BCUT2D eigenvalue weighted by atomic mass is 9.94. The lowest BCUT2D eigenvalue weighted by molar-refractivity contribution is -0.123. The molecule has 0 bridgehead atoms. The number of nitrogens with one attached hydrogen (secondary N) is 1. The van der Waals surface area contributed by atoms with Crippen LogP contribution in [0.2, 0.25) is 0 Å². The molecule has 0 aliphatic heterocycles. The SMILES string of the molecule is CN(CC(=O)NCC1(O)CCCCCC1)C(=O)c1ccccc1. The van der Waals surface area contributed by atoms with E-state index in [9.17, 15) is 14.7 Å². The Balaban J connectivity index is 1.81. The molecule has 0 atom stereocenters. The molecule has 2 N–H and O–H groups in total. The Hall–Kier alpha value is -1.88. The molecule has 5 heteroatoms. The number of carbonyl (C=O) groups is 2. The first-order valence-electron chi connectivity index (χ1n) is 8.30. The monoisotopic (exact) mass is 318 g/mol. The maximum atomic E-state index is 12.2. The third-order valence-electron chi connectivity index (χ3n) is 4.40. The maximum absolute atomic E-state index is 12.2. The van der Waals surface area contributed by atoms with Crippen molar-refractivity contribution < 1.29 is 14.7 Å². The molecule has 1 saturated carbocycles. The first-order valence-corrected chi connectivity index (χ1v) is 8.30. The summed E-state index contributed by atoms with van der Waals surface area (Å²) in [7, 11) is 1.61. The second-order valence-corrected chi connectivity index (χ2v) is 6.44. The highest BCUT2D eigenvalue weighted by Crippen LogP contribution is 2.26. The van der Waals surface area contributed by atoms with Crippen molar-refractivity contribution in [1.29, 1.82) is 0 Å². The summed E-state index contributed by atoms with van der Waals surface area (Å²) in [6.07, 6.45) is 5.74. The van der Waals surface area contributed by atoms with Crippen molar-refractivity contribution >= 4 is 11.8 Å². The standard InChI is InChI=1S/C18H26N2O3/c1-20(17(22)15-9-5-4-6-10-15)13-16(21)19-14-18(23)11-7-2-3-8-12-18/h4-6,9-10,23H,2-3,7-8,11-14H2,1H3,(H,19,21). The van der Waals surface area contributed by atoms with Crippen molar-refractivity contribution in [3.05, 3.63) is 35.9 Å². The van der Waals surface area contributed by atoms with Crippen LogP contribution < -0.4 is 5.32 Å². The van der Waals surface area contributed by atoms with Gasteiger partial charge in [0.2, 0.25) is 5.91 Å². The Morgan fingerprint density at radius 3 is 2.35 bits per heavy atom. The van der Waals surface area contributed by atoms with E-state index in [1.165, 1.54) is 4.90 Å². The molecule has 0 spiro atoms. The summed E-state index contributed by atoms with van der Waals surface area (Å²) in [5.74, 6) is -0.427. The zero-order valence-electron chi connectivity index (χ0n) is 13.8. The molecular weight excluding hydrogens is 292 g/mol. The van der Waals surface area contributed by atoms with E-state index in [2.05, 4.69) is 5.32 Å². The maximum Gasteiger partial charge on any atom is 0.254 e. The quantitative estimate of drug-likeness (QED) is 0.815. The Morgan fingerprint density at radius 2 is 1.74 bits per heavy atom. The lowest BCUT2D eigenvalue weighted by Crippen LogP contribution is -2.46. The number of rotatable bonds is 5. The predicted molar refractivity (Wildman–Crippen MR) is 89.1 cm³/mol. The summed E-state index contributed by atoms with van der Waals surface area (Å²) in [4.78, 5) is 25.6. The van der Waals surface area contributed by atoms with E-state index in [1.54, 1.807) is 31.3 Å². The largest absolute Gasteiger partial charge is 0.388 e. The van der Waals surface area contributed by atoms with E-state index in [4.69, 9.17) is 0 Å². The summed E-state index contributed by atoms with van der Waals surface area (Å²) in [6, 6.07) is 8.89. The highest BCUT2D eigenvalue weighted by Gasteiger charge is 2.28. The number of benzene rings is 1. The molecule has 0 unspecified atom stereocenters. The van der Waals surface area contributed by atoms with Crippen LogP contribution in [0, 0.1) is 0 Å². The van der Waals surface area contributed by atoms with E-state index >= 15 is 0 Å². The van der Waals surface area contributed by atoms with Crippen molar-refractivity contribution in [2.75, 3.05) is 20.1 Å². The molecular formula is C18H26N2O3. The van der Waals surface area contributed by atoms with Gasteiger partial charge in [-0.05, 0) is 25.0 Å². The molecule has 5 nitrogen and oxygen atoms in total. The van der Waals surface area contributed by atoms with Gasteiger partial charge in [0.15, 0.2) is 0 Å². The van der Waals surface area contributed by atoms with Gasteiger partial charge in [-0.1, -0.05) is 43.9 Å². The van der Waals surface area contributed by atoms with E-state index < -0.39 is 5.60 Å². The first-order chi connectivity index (χ1) is 11.0. The van der Waals surface area contributed by atoms with Crippen molar-refractivity contribution in [2.45, 2.75) is 44.1 Å². The summed E-state index contributed by atoms with van der Waals surface area (Å²) in [6.45, 7) is 0.253. The van der Waals surface area contributed by atoms with E-state index in [-0.39, 0.29) is 24.9 Å². The number of aliphatic hydroxyl groups is 1. The van der Waals surface area contributed by atoms with Gasteiger partial charge in [0.25, 0.3) is 5.91 Å². The fourth-order valence-corrected chi connectivity index (χ4v) is 2.97. The third kappa shape index (κ3) is 5.36. The zero-order valence-corrected chi connectivity index (χ0v) is 13.8. The first kappa shape index (κ1) is 17.5. The highest BCUT2D eigenvalue weighted by atomic mass is 16.3. The van der Waals surface area contributed by atoms with E-state index in [0.717, 1.165) is 38.5 Å². The van der Waals surface area contributed by atoms with Gasteiger partial charge in [-0.15, -0.1) is 0 Å². The fraction of sp³-hybridized carbons (Fsp3) is 0.556. The molecule has 0 radical (unpaired) electrons. The Labute approximate surface area is 137 Å². The number of nitrogens with zero attached hydrogens (tertiary/aromatic N) is 1. The van der Waals surface area contributed by atoms with Crippen molar-refractivity contribution in [1.82, 2.24) is 10.2 Å². The minimum atomic E-state index is -0.797. The van der Waals surface area contributed by atoms with Crippen LogP contribution in [-0.2, 0) is 4.79 Å². The molecule has 0 heterocycles. The normalized spacial score (nSPS) is 17.1. The Bertz CT molecular complexity index is 522. The lowest BCUT2D eigenvalue weighted by Gasteiger charge is -2.27. The molecule has 23 heavy (non-hydrogen) atoms. The van der Waals surface area contributed by atoms with E-state index in [1.807, 2.05) is 6.07 Å². The molecule has 1 aromatic rings. The van der Waals surface area contributed by atoms with Crippen LogP contribution in [0.25, 0.3) is 0 Å². The highest BCUT2D eigenvalue weighted by molar-refractivity contribution is 5.96. The average molecular weight is 318 g/mol. The minimum Gasteiger partial charge on any atom is -0.388 e. The van der Waals surface area contributed by atoms with Gasteiger partial charge in [0.05, 0.1) is 12.1 Å². The van der Waals surface area contributed by atoms with Gasteiger partial charge in [0.1, 0.15) is 0 Å². The van der Waals surface area contributed by atoms with Crippen LogP contribution in [0.4, 0.5) is 0 Å². The summed E-state index contributed by atoms with van der Waals surface area (Å²) < 4.78 is 0. The smallest absolute Gasteiger partial charge is 0.254 e. The van der Waals surface area contributed by atoms with Gasteiger partial charge >= 0.3 is 0 Å². The molecule has 0 saturated heterocycles. The predicted octanol–water partition coefficient (Wildman–Crippen LogP) is 1.96. The number of amides is 2. The van der Waals surface area contributed by atoms with Crippen LogP contribution in [0.15, 0.2) is 30.3 Å². The average Bonchev–Trinajstić information content (AvgIpc) is 2.78. The number of hydrogen-bond donors (Lipinski definition) is 2. The zero-order chi connectivity index (χ0) is 16.7. The molecule has 1 aliphatic rings. The summed E-state index contributed by atoms with van der Waals surface area (Å²) >= 11 is 0. The van der Waals surface area contributed by atoms with Gasteiger partial charge in [0, 0.05) is 19.2 Å². The molecule has 1 fully saturated rings. The second kappa shape index (κ2) is 8.11. The van der Waals surface area contributed by atoms with Crippen molar-refractivity contribution in [2.24, 2.45) is 0 Å². The second-order valence-electron chi connectivity index (χ2n) is 6.44.